The van der Waals surface area contributed by atoms with Gasteiger partial charge in [-0.1, -0.05) is 24.3 Å². The minimum atomic E-state index is -4.02. The van der Waals surface area contributed by atoms with Gasteiger partial charge in [0.25, 0.3) is 0 Å². The Morgan fingerprint density at radius 3 is 2.70 bits per heavy atom. The second kappa shape index (κ2) is 8.47. The zero-order valence-electron chi connectivity index (χ0n) is 16.0. The summed E-state index contributed by atoms with van der Waals surface area (Å²) in [5, 5.41) is 3.58. The number of morpholine rings is 1. The number of aromatic nitrogens is 1. The number of halogens is 1. The van der Waals surface area contributed by atoms with Crippen molar-refractivity contribution in [1.29, 1.82) is 0 Å². The van der Waals surface area contributed by atoms with E-state index in [1.54, 1.807) is 6.20 Å². The van der Waals surface area contributed by atoms with E-state index in [1.807, 2.05) is 30.3 Å². The molecule has 0 radical (unpaired) electrons. The lowest BCUT2D eigenvalue weighted by molar-refractivity contribution is -0.115. The summed E-state index contributed by atoms with van der Waals surface area (Å²) in [6.45, 7) is 0.839. The minimum Gasteiger partial charge on any atom is -0.379 e. The molecule has 1 aliphatic heterocycles. The zero-order valence-corrected chi connectivity index (χ0v) is 16.9. The van der Waals surface area contributed by atoms with Gasteiger partial charge in [-0.2, -0.15) is 4.31 Å². The average Bonchev–Trinajstić information content (AvgIpc) is 2.76. The lowest BCUT2D eigenvalue weighted by Crippen LogP contribution is -2.40. The number of carbonyl (C=O) groups excluding carboxylic acids is 1. The van der Waals surface area contributed by atoms with Crippen molar-refractivity contribution >= 4 is 32.5 Å². The number of fused-ring (bicyclic) bond motifs is 1. The zero-order chi connectivity index (χ0) is 21.1. The highest BCUT2D eigenvalue weighted by atomic mass is 32.2. The highest BCUT2D eigenvalue weighted by Crippen LogP contribution is 2.24. The second-order valence-corrected chi connectivity index (χ2v) is 8.79. The molecule has 0 saturated carbocycles. The van der Waals surface area contributed by atoms with Gasteiger partial charge in [0.2, 0.25) is 15.9 Å². The number of rotatable bonds is 5. The van der Waals surface area contributed by atoms with E-state index in [1.165, 1.54) is 10.4 Å². The summed E-state index contributed by atoms with van der Waals surface area (Å²) >= 11 is 0. The van der Waals surface area contributed by atoms with Crippen LogP contribution in [0.4, 0.5) is 10.1 Å². The number of ether oxygens (including phenoxy) is 1. The molecular weight excluding hydrogens is 409 g/mol. The summed E-state index contributed by atoms with van der Waals surface area (Å²) in [6, 6.07) is 12.8. The van der Waals surface area contributed by atoms with E-state index in [0.717, 1.165) is 28.6 Å². The molecule has 30 heavy (non-hydrogen) atoms. The van der Waals surface area contributed by atoms with Crippen LogP contribution in [-0.4, -0.2) is 49.9 Å². The fourth-order valence-corrected chi connectivity index (χ4v) is 4.89. The maximum Gasteiger partial charge on any atom is 0.246 e. The Kier molecular flexibility index (Phi) is 5.76. The molecule has 9 heteroatoms. The first kappa shape index (κ1) is 20.4. The van der Waals surface area contributed by atoms with Gasteiger partial charge in [0.15, 0.2) is 0 Å². The van der Waals surface area contributed by atoms with Crippen molar-refractivity contribution in [3.05, 3.63) is 66.1 Å². The van der Waals surface area contributed by atoms with E-state index < -0.39 is 20.7 Å². The molecule has 156 valence electrons. The molecule has 1 fully saturated rings. The van der Waals surface area contributed by atoms with Crippen molar-refractivity contribution < 1.29 is 22.3 Å². The van der Waals surface area contributed by atoms with Crippen LogP contribution in [0.5, 0.6) is 0 Å². The number of pyridine rings is 1. The monoisotopic (exact) mass is 429 g/mol. The van der Waals surface area contributed by atoms with Gasteiger partial charge in [-0.3, -0.25) is 9.78 Å². The van der Waals surface area contributed by atoms with Gasteiger partial charge in [-0.05, 0) is 29.8 Å². The van der Waals surface area contributed by atoms with Crippen LogP contribution < -0.4 is 5.32 Å². The van der Waals surface area contributed by atoms with Crippen molar-refractivity contribution in [3.8, 4) is 0 Å². The molecular formula is C21H20FN3O4S. The van der Waals surface area contributed by atoms with Crippen LogP contribution in [0.2, 0.25) is 0 Å². The maximum atomic E-state index is 14.3. The predicted molar refractivity (Wildman–Crippen MR) is 110 cm³/mol. The molecule has 0 aliphatic carbocycles. The number of carbonyl (C=O) groups is 1. The Balaban J connectivity index is 1.55. The molecule has 2 aromatic carbocycles. The van der Waals surface area contributed by atoms with Crippen LogP contribution in [0.15, 0.2) is 59.6 Å². The molecule has 1 amide bonds. The number of anilines is 1. The lowest BCUT2D eigenvalue weighted by atomic mass is 10.1. The van der Waals surface area contributed by atoms with Crippen LogP contribution in [0.3, 0.4) is 0 Å². The van der Waals surface area contributed by atoms with E-state index in [0.29, 0.717) is 0 Å². The van der Waals surface area contributed by atoms with Gasteiger partial charge in [0.05, 0.1) is 25.2 Å². The van der Waals surface area contributed by atoms with Gasteiger partial charge < -0.3 is 10.1 Å². The Bertz CT molecular complexity index is 1190. The second-order valence-electron chi connectivity index (χ2n) is 6.88. The number of hydrogen-bond acceptors (Lipinski definition) is 5. The Hall–Kier alpha value is -2.88. The molecule has 3 aromatic rings. The molecule has 1 N–H and O–H groups in total. The van der Waals surface area contributed by atoms with Crippen molar-refractivity contribution in [2.45, 2.75) is 11.3 Å². The van der Waals surface area contributed by atoms with Gasteiger partial charge in [0, 0.05) is 30.4 Å². The van der Waals surface area contributed by atoms with Crippen LogP contribution >= 0.6 is 0 Å². The molecule has 0 unspecified atom stereocenters. The first-order valence-electron chi connectivity index (χ1n) is 9.45. The Morgan fingerprint density at radius 1 is 1.13 bits per heavy atom. The quantitative estimate of drug-likeness (QED) is 0.674. The van der Waals surface area contributed by atoms with E-state index in [2.05, 4.69) is 10.3 Å². The van der Waals surface area contributed by atoms with Gasteiger partial charge in [-0.15, -0.1) is 0 Å². The molecule has 0 bridgehead atoms. The Morgan fingerprint density at radius 2 is 1.90 bits per heavy atom. The van der Waals surface area contributed by atoms with Crippen LogP contribution in [0.25, 0.3) is 10.9 Å². The van der Waals surface area contributed by atoms with Gasteiger partial charge >= 0.3 is 0 Å². The average molecular weight is 429 g/mol. The van der Waals surface area contributed by atoms with Crippen LogP contribution in [-0.2, 0) is 26.0 Å². The van der Waals surface area contributed by atoms with E-state index in [4.69, 9.17) is 4.74 Å². The molecule has 1 saturated heterocycles. The van der Waals surface area contributed by atoms with Crippen molar-refractivity contribution in [1.82, 2.24) is 9.29 Å². The van der Waals surface area contributed by atoms with Crippen molar-refractivity contribution in [2.24, 2.45) is 0 Å². The van der Waals surface area contributed by atoms with Gasteiger partial charge in [0.1, 0.15) is 10.7 Å². The fourth-order valence-electron chi connectivity index (χ4n) is 3.39. The smallest absolute Gasteiger partial charge is 0.246 e. The van der Waals surface area contributed by atoms with Crippen molar-refractivity contribution in [2.75, 3.05) is 31.6 Å². The molecule has 0 atom stereocenters. The molecule has 1 aliphatic rings. The highest BCUT2D eigenvalue weighted by Gasteiger charge is 2.29. The highest BCUT2D eigenvalue weighted by molar-refractivity contribution is 7.89. The SMILES string of the molecule is O=C(Cc1cccc2cccnc12)Nc1ccc(F)c(S(=O)(=O)N2CCOCC2)c1. The molecule has 2 heterocycles. The van der Waals surface area contributed by atoms with Crippen LogP contribution in [0.1, 0.15) is 5.56 Å². The van der Waals surface area contributed by atoms with Crippen LogP contribution in [0, 0.1) is 5.82 Å². The summed E-state index contributed by atoms with van der Waals surface area (Å²) in [4.78, 5) is 16.4. The first-order chi connectivity index (χ1) is 14.4. The van der Waals surface area contributed by atoms with Gasteiger partial charge in [-0.25, -0.2) is 12.8 Å². The molecule has 7 nitrogen and oxygen atoms in total. The van der Waals surface area contributed by atoms with E-state index in [9.17, 15) is 17.6 Å². The predicted octanol–water partition coefficient (Wildman–Crippen LogP) is 2.58. The minimum absolute atomic E-state index is 0.0529. The summed E-state index contributed by atoms with van der Waals surface area (Å²) < 4.78 is 46.3. The summed E-state index contributed by atoms with van der Waals surface area (Å²) in [7, 11) is -4.02. The third-order valence-corrected chi connectivity index (χ3v) is 6.78. The van der Waals surface area contributed by atoms with E-state index >= 15 is 0 Å². The third kappa shape index (κ3) is 4.18. The number of amides is 1. The number of para-hydroxylation sites is 1. The maximum absolute atomic E-state index is 14.3. The normalized spacial score (nSPS) is 15.2. The van der Waals surface area contributed by atoms with E-state index in [-0.39, 0.29) is 44.3 Å². The standard InChI is InChI=1S/C21H20FN3O4S/c22-18-7-6-17(14-19(18)30(27,28)25-9-11-29-12-10-25)24-20(26)13-16-4-1-3-15-5-2-8-23-21(15)16/h1-8,14H,9-13H2,(H,24,26). The number of nitrogens with one attached hydrogen (secondary N) is 1. The topological polar surface area (TPSA) is 88.6 Å². The number of hydrogen-bond donors (Lipinski definition) is 1. The largest absolute Gasteiger partial charge is 0.379 e. The van der Waals surface area contributed by atoms with Crippen molar-refractivity contribution in [3.63, 3.8) is 0 Å². The third-order valence-electron chi connectivity index (χ3n) is 4.87. The lowest BCUT2D eigenvalue weighted by Gasteiger charge is -2.26. The molecule has 4 rings (SSSR count). The molecule has 1 aromatic heterocycles. The number of sulfonamides is 1. The summed E-state index contributed by atoms with van der Waals surface area (Å²) in [6.07, 6.45) is 1.71. The molecule has 0 spiro atoms. The summed E-state index contributed by atoms with van der Waals surface area (Å²) in [5.74, 6) is -1.22. The summed E-state index contributed by atoms with van der Waals surface area (Å²) in [5.41, 5.74) is 1.68. The fraction of sp³-hybridized carbons (Fsp3) is 0.238. The number of nitrogens with zero attached hydrogens (tertiary/aromatic N) is 2. The first-order valence-corrected chi connectivity index (χ1v) is 10.9. The Labute approximate surface area is 173 Å². The number of benzene rings is 2.